The van der Waals surface area contributed by atoms with Gasteiger partial charge in [0.2, 0.25) is 5.91 Å². The zero-order valence-corrected chi connectivity index (χ0v) is 13.3. The molecule has 0 fully saturated rings. The first kappa shape index (κ1) is 14.7. The average Bonchev–Trinajstić information content (AvgIpc) is 2.80. The van der Waals surface area contributed by atoms with Crippen LogP contribution in [0.5, 0.6) is 0 Å². The molecular weight excluding hydrogens is 296 g/mol. The van der Waals surface area contributed by atoms with E-state index < -0.39 is 0 Å². The minimum absolute atomic E-state index is 0.0451. The Hall–Kier alpha value is -2.26. The van der Waals surface area contributed by atoms with Crippen molar-refractivity contribution >= 4 is 34.1 Å². The van der Waals surface area contributed by atoms with Gasteiger partial charge < -0.3 is 9.88 Å². The van der Waals surface area contributed by atoms with Crippen LogP contribution in [0.4, 0.5) is 5.69 Å². The summed E-state index contributed by atoms with van der Waals surface area (Å²) in [7, 11) is 1.99. The smallest absolute Gasteiger partial charge is 0.228 e. The SMILES string of the molecule is Cc1ccc(NC(=O)Cc2cn(C)c3ccccc23)cc1Cl. The van der Waals surface area contributed by atoms with E-state index in [1.807, 2.05) is 55.1 Å². The zero-order valence-electron chi connectivity index (χ0n) is 12.6. The lowest BCUT2D eigenvalue weighted by molar-refractivity contribution is -0.115. The maximum absolute atomic E-state index is 12.3. The molecule has 2 aromatic carbocycles. The highest BCUT2D eigenvalue weighted by molar-refractivity contribution is 6.31. The number of halogens is 1. The van der Waals surface area contributed by atoms with E-state index in [2.05, 4.69) is 11.4 Å². The molecule has 1 amide bonds. The first-order valence-corrected chi connectivity index (χ1v) is 7.51. The first-order chi connectivity index (χ1) is 10.5. The summed E-state index contributed by atoms with van der Waals surface area (Å²) in [5.41, 5.74) is 3.87. The normalized spacial score (nSPS) is 10.9. The van der Waals surface area contributed by atoms with E-state index in [0.717, 1.165) is 27.7 Å². The minimum Gasteiger partial charge on any atom is -0.350 e. The van der Waals surface area contributed by atoms with E-state index in [1.54, 1.807) is 6.07 Å². The number of carbonyl (C=O) groups excluding carboxylic acids is 1. The van der Waals surface area contributed by atoms with Crippen molar-refractivity contribution in [2.24, 2.45) is 7.05 Å². The number of hydrogen-bond acceptors (Lipinski definition) is 1. The Morgan fingerprint density at radius 1 is 1.23 bits per heavy atom. The summed E-state index contributed by atoms with van der Waals surface area (Å²) in [5, 5.41) is 4.67. The lowest BCUT2D eigenvalue weighted by Gasteiger charge is -2.06. The fourth-order valence-corrected chi connectivity index (χ4v) is 2.80. The highest BCUT2D eigenvalue weighted by atomic mass is 35.5. The van der Waals surface area contributed by atoms with Gasteiger partial charge in [-0.1, -0.05) is 35.9 Å². The molecule has 0 aliphatic rings. The topological polar surface area (TPSA) is 34.0 Å². The lowest BCUT2D eigenvalue weighted by atomic mass is 10.1. The zero-order chi connectivity index (χ0) is 15.7. The quantitative estimate of drug-likeness (QED) is 0.767. The summed E-state index contributed by atoms with van der Waals surface area (Å²) in [6, 6.07) is 13.6. The number of nitrogens with zero attached hydrogens (tertiary/aromatic N) is 1. The van der Waals surface area contributed by atoms with Crippen molar-refractivity contribution in [3.8, 4) is 0 Å². The molecule has 0 radical (unpaired) electrons. The number of nitrogens with one attached hydrogen (secondary N) is 1. The molecule has 0 saturated carbocycles. The molecule has 22 heavy (non-hydrogen) atoms. The predicted octanol–water partition coefficient (Wildman–Crippen LogP) is 4.32. The van der Waals surface area contributed by atoms with Crippen LogP contribution in [-0.2, 0) is 18.3 Å². The van der Waals surface area contributed by atoms with Gasteiger partial charge in [-0.15, -0.1) is 0 Å². The Bertz CT molecular complexity index is 851. The molecule has 112 valence electrons. The van der Waals surface area contributed by atoms with Crippen LogP contribution in [0.25, 0.3) is 10.9 Å². The average molecular weight is 313 g/mol. The van der Waals surface area contributed by atoms with Crippen molar-refractivity contribution in [3.05, 3.63) is 64.8 Å². The second-order valence-electron chi connectivity index (χ2n) is 5.47. The van der Waals surface area contributed by atoms with Crippen LogP contribution in [0, 0.1) is 6.92 Å². The van der Waals surface area contributed by atoms with E-state index in [1.165, 1.54) is 0 Å². The molecule has 0 bridgehead atoms. The molecule has 1 heterocycles. The van der Waals surface area contributed by atoms with E-state index in [-0.39, 0.29) is 5.91 Å². The summed E-state index contributed by atoms with van der Waals surface area (Å²) in [6.45, 7) is 1.93. The Kier molecular flexibility index (Phi) is 3.90. The number of fused-ring (bicyclic) bond motifs is 1. The molecule has 3 aromatic rings. The van der Waals surface area contributed by atoms with Gasteiger partial charge in [0.25, 0.3) is 0 Å². The third-order valence-corrected chi connectivity index (χ3v) is 4.19. The van der Waals surface area contributed by atoms with Gasteiger partial charge >= 0.3 is 0 Å². The second-order valence-corrected chi connectivity index (χ2v) is 5.88. The number of anilines is 1. The predicted molar refractivity (Wildman–Crippen MR) is 91.4 cm³/mol. The largest absolute Gasteiger partial charge is 0.350 e. The van der Waals surface area contributed by atoms with Crippen LogP contribution in [0.15, 0.2) is 48.7 Å². The Labute approximate surface area is 134 Å². The summed E-state index contributed by atoms with van der Waals surface area (Å²) in [6.07, 6.45) is 2.35. The number of aryl methyl sites for hydroxylation is 2. The molecule has 0 spiro atoms. The van der Waals surface area contributed by atoms with Gasteiger partial charge in [-0.3, -0.25) is 4.79 Å². The number of carbonyl (C=O) groups is 1. The molecule has 4 heteroatoms. The highest BCUT2D eigenvalue weighted by Gasteiger charge is 2.11. The van der Waals surface area contributed by atoms with Crippen molar-refractivity contribution < 1.29 is 4.79 Å². The van der Waals surface area contributed by atoms with Crippen LogP contribution in [-0.4, -0.2) is 10.5 Å². The molecule has 0 aliphatic heterocycles. The van der Waals surface area contributed by atoms with Crippen LogP contribution in [0.3, 0.4) is 0 Å². The maximum Gasteiger partial charge on any atom is 0.228 e. The van der Waals surface area contributed by atoms with Gasteiger partial charge in [0.05, 0.1) is 6.42 Å². The van der Waals surface area contributed by atoms with Gasteiger partial charge in [-0.2, -0.15) is 0 Å². The fraction of sp³-hybridized carbons (Fsp3) is 0.167. The van der Waals surface area contributed by atoms with Crippen LogP contribution in [0.1, 0.15) is 11.1 Å². The summed E-state index contributed by atoms with van der Waals surface area (Å²) < 4.78 is 2.04. The number of aromatic nitrogens is 1. The van der Waals surface area contributed by atoms with Crippen LogP contribution < -0.4 is 5.32 Å². The Morgan fingerprint density at radius 3 is 2.77 bits per heavy atom. The van der Waals surface area contributed by atoms with Gasteiger partial charge in [-0.25, -0.2) is 0 Å². The Balaban J connectivity index is 1.80. The van der Waals surface area contributed by atoms with E-state index in [0.29, 0.717) is 11.4 Å². The number of rotatable bonds is 3. The second kappa shape index (κ2) is 5.85. The summed E-state index contributed by atoms with van der Waals surface area (Å²) in [5.74, 6) is -0.0451. The molecule has 0 atom stereocenters. The number of amides is 1. The van der Waals surface area contributed by atoms with E-state index in [9.17, 15) is 4.79 Å². The van der Waals surface area contributed by atoms with Crippen molar-refractivity contribution in [1.29, 1.82) is 0 Å². The third kappa shape index (κ3) is 2.85. The molecular formula is C18H17ClN2O. The third-order valence-electron chi connectivity index (χ3n) is 3.79. The van der Waals surface area contributed by atoms with E-state index >= 15 is 0 Å². The molecule has 1 N–H and O–H groups in total. The molecule has 3 rings (SSSR count). The van der Waals surface area contributed by atoms with Gasteiger partial charge in [0.15, 0.2) is 0 Å². The first-order valence-electron chi connectivity index (χ1n) is 7.13. The van der Waals surface area contributed by atoms with Crippen molar-refractivity contribution in [2.45, 2.75) is 13.3 Å². The fourth-order valence-electron chi connectivity index (χ4n) is 2.62. The lowest BCUT2D eigenvalue weighted by Crippen LogP contribution is -2.14. The molecule has 0 unspecified atom stereocenters. The van der Waals surface area contributed by atoms with Crippen molar-refractivity contribution in [1.82, 2.24) is 4.57 Å². The van der Waals surface area contributed by atoms with Crippen molar-refractivity contribution in [3.63, 3.8) is 0 Å². The maximum atomic E-state index is 12.3. The van der Waals surface area contributed by atoms with E-state index in [4.69, 9.17) is 11.6 Å². The monoisotopic (exact) mass is 312 g/mol. The van der Waals surface area contributed by atoms with Crippen LogP contribution >= 0.6 is 11.6 Å². The molecule has 3 nitrogen and oxygen atoms in total. The molecule has 1 aromatic heterocycles. The van der Waals surface area contributed by atoms with Gasteiger partial charge in [0.1, 0.15) is 0 Å². The number of para-hydroxylation sites is 1. The van der Waals surface area contributed by atoms with Gasteiger partial charge in [0, 0.05) is 34.9 Å². The molecule has 0 saturated heterocycles. The number of benzene rings is 2. The highest BCUT2D eigenvalue weighted by Crippen LogP contribution is 2.22. The standard InChI is InChI=1S/C18H17ClN2O/c1-12-7-8-14(10-16(12)19)20-18(22)9-13-11-21(2)17-6-4-3-5-15(13)17/h3-8,10-11H,9H2,1-2H3,(H,20,22). The number of hydrogen-bond donors (Lipinski definition) is 1. The molecule has 0 aliphatic carbocycles. The van der Waals surface area contributed by atoms with Crippen molar-refractivity contribution in [2.75, 3.05) is 5.32 Å². The Morgan fingerprint density at radius 2 is 2.00 bits per heavy atom. The summed E-state index contributed by atoms with van der Waals surface area (Å²) >= 11 is 6.08. The summed E-state index contributed by atoms with van der Waals surface area (Å²) in [4.78, 5) is 12.3. The minimum atomic E-state index is -0.0451. The van der Waals surface area contributed by atoms with Crippen LogP contribution in [0.2, 0.25) is 5.02 Å². The van der Waals surface area contributed by atoms with Gasteiger partial charge in [-0.05, 0) is 36.2 Å².